The van der Waals surface area contributed by atoms with E-state index >= 15 is 0 Å². The summed E-state index contributed by atoms with van der Waals surface area (Å²) in [4.78, 5) is 7.62. The van der Waals surface area contributed by atoms with E-state index in [1.807, 2.05) is 18.5 Å². The molecule has 3 heteroatoms. The Bertz CT molecular complexity index is 542. The molecule has 2 nitrogen and oxygen atoms in total. The van der Waals surface area contributed by atoms with E-state index in [2.05, 4.69) is 9.98 Å². The van der Waals surface area contributed by atoms with E-state index in [1.54, 1.807) is 0 Å². The molecule has 0 radical (unpaired) electrons. The van der Waals surface area contributed by atoms with E-state index in [9.17, 15) is 4.39 Å². The predicted octanol–water partition coefficient (Wildman–Crippen LogP) is 3.60. The highest BCUT2D eigenvalue weighted by atomic mass is 19.1. The first-order chi connectivity index (χ1) is 7.84. The number of aromatic amines is 1. The zero-order valence-electron chi connectivity index (χ0n) is 8.91. The minimum atomic E-state index is -0.201. The average molecular weight is 216 g/mol. The molecule has 1 atom stereocenters. The number of hydrogen-bond donors (Lipinski definition) is 1. The van der Waals surface area contributed by atoms with Crippen molar-refractivity contribution >= 4 is 17.1 Å². The van der Waals surface area contributed by atoms with Gasteiger partial charge in [-0.15, -0.1) is 0 Å². The van der Waals surface area contributed by atoms with Crippen LogP contribution in [0.2, 0.25) is 0 Å². The third kappa shape index (κ3) is 1.52. The van der Waals surface area contributed by atoms with E-state index < -0.39 is 0 Å². The topological polar surface area (TPSA) is 28.1 Å². The fourth-order valence-electron chi connectivity index (χ4n) is 2.31. The van der Waals surface area contributed by atoms with Crippen molar-refractivity contribution in [3.8, 4) is 0 Å². The molecule has 0 saturated heterocycles. The van der Waals surface area contributed by atoms with Gasteiger partial charge in [0, 0.05) is 22.7 Å². The molecule has 82 valence electrons. The van der Waals surface area contributed by atoms with Crippen molar-refractivity contribution in [3.05, 3.63) is 35.8 Å². The van der Waals surface area contributed by atoms with Crippen LogP contribution in [0, 0.1) is 5.82 Å². The highest BCUT2D eigenvalue weighted by molar-refractivity contribution is 5.84. The summed E-state index contributed by atoms with van der Waals surface area (Å²) in [5.41, 5.74) is 2.04. The second kappa shape index (κ2) is 3.74. The Morgan fingerprint density at radius 2 is 2.31 bits per heavy atom. The molecule has 1 aliphatic heterocycles. The van der Waals surface area contributed by atoms with Crippen LogP contribution >= 0.6 is 0 Å². The van der Waals surface area contributed by atoms with Crippen LogP contribution in [-0.4, -0.2) is 11.2 Å². The van der Waals surface area contributed by atoms with Crippen molar-refractivity contribution in [3.63, 3.8) is 0 Å². The molecule has 3 rings (SSSR count). The Morgan fingerprint density at radius 1 is 1.38 bits per heavy atom. The lowest BCUT2D eigenvalue weighted by Crippen LogP contribution is -2.00. The van der Waals surface area contributed by atoms with Gasteiger partial charge in [0.2, 0.25) is 0 Å². The van der Waals surface area contributed by atoms with Gasteiger partial charge in [-0.1, -0.05) is 0 Å². The van der Waals surface area contributed by atoms with Gasteiger partial charge in [0.05, 0.1) is 6.04 Å². The molecule has 1 N–H and O–H groups in total. The molecular weight excluding hydrogens is 203 g/mol. The maximum absolute atomic E-state index is 13.0. The fourth-order valence-corrected chi connectivity index (χ4v) is 2.31. The number of aromatic nitrogens is 1. The Morgan fingerprint density at radius 3 is 3.12 bits per heavy atom. The number of halogens is 1. The van der Waals surface area contributed by atoms with E-state index in [1.165, 1.54) is 24.1 Å². The number of aliphatic imine (C=N–C) groups is 1. The summed E-state index contributed by atoms with van der Waals surface area (Å²) in [6.45, 7) is 0. The number of nitrogens with one attached hydrogen (secondary N) is 1. The summed E-state index contributed by atoms with van der Waals surface area (Å²) in [5.74, 6) is -0.201. The highest BCUT2D eigenvalue weighted by Gasteiger charge is 2.16. The van der Waals surface area contributed by atoms with Gasteiger partial charge >= 0.3 is 0 Å². The zero-order chi connectivity index (χ0) is 11.0. The summed E-state index contributed by atoms with van der Waals surface area (Å²) < 4.78 is 13.0. The van der Waals surface area contributed by atoms with Crippen LogP contribution in [0.1, 0.15) is 30.9 Å². The second-order valence-electron chi connectivity index (χ2n) is 4.21. The van der Waals surface area contributed by atoms with Crippen molar-refractivity contribution in [2.45, 2.75) is 25.3 Å². The molecule has 1 unspecified atom stereocenters. The monoisotopic (exact) mass is 216 g/mol. The second-order valence-corrected chi connectivity index (χ2v) is 4.21. The summed E-state index contributed by atoms with van der Waals surface area (Å²) in [7, 11) is 0. The van der Waals surface area contributed by atoms with Crippen molar-refractivity contribution in [2.24, 2.45) is 4.99 Å². The normalized spacial score (nSPS) is 20.4. The Hall–Kier alpha value is -1.64. The Labute approximate surface area is 93.2 Å². The van der Waals surface area contributed by atoms with Gasteiger partial charge in [-0.25, -0.2) is 4.39 Å². The lowest BCUT2D eigenvalue weighted by atomic mass is 9.99. The minimum Gasteiger partial charge on any atom is -0.361 e. The van der Waals surface area contributed by atoms with Gasteiger partial charge in [0.25, 0.3) is 0 Å². The maximum atomic E-state index is 13.0. The van der Waals surface area contributed by atoms with Gasteiger partial charge in [0.1, 0.15) is 5.82 Å². The lowest BCUT2D eigenvalue weighted by Gasteiger charge is -2.14. The largest absolute Gasteiger partial charge is 0.361 e. The third-order valence-electron chi connectivity index (χ3n) is 3.13. The zero-order valence-corrected chi connectivity index (χ0v) is 8.91. The number of benzene rings is 1. The van der Waals surface area contributed by atoms with Gasteiger partial charge in [-0.05, 0) is 43.7 Å². The van der Waals surface area contributed by atoms with Crippen molar-refractivity contribution in [2.75, 3.05) is 0 Å². The standard InChI is InChI=1S/C13H13FN2/c14-9-4-5-10-11(8-16-13(10)7-9)12-3-1-2-6-15-12/h4-8,12,16H,1-3H2. The quantitative estimate of drug-likeness (QED) is 0.754. The summed E-state index contributed by atoms with van der Waals surface area (Å²) >= 11 is 0. The third-order valence-corrected chi connectivity index (χ3v) is 3.13. The molecular formula is C13H13FN2. The van der Waals surface area contributed by atoms with Crippen molar-refractivity contribution in [1.82, 2.24) is 4.98 Å². The van der Waals surface area contributed by atoms with Crippen LogP contribution in [0.3, 0.4) is 0 Å². The average Bonchev–Trinajstić information content (AvgIpc) is 2.73. The number of nitrogens with zero attached hydrogens (tertiary/aromatic N) is 1. The predicted molar refractivity (Wildman–Crippen MR) is 63.3 cm³/mol. The molecule has 1 aromatic carbocycles. The lowest BCUT2D eigenvalue weighted by molar-refractivity contribution is 0.607. The molecule has 0 fully saturated rings. The highest BCUT2D eigenvalue weighted by Crippen LogP contribution is 2.31. The molecule has 0 amide bonds. The van der Waals surface area contributed by atoms with Crippen LogP contribution in [0.15, 0.2) is 29.4 Å². The SMILES string of the molecule is Fc1ccc2c(C3CCCC=N3)c[nH]c2c1. The summed E-state index contributed by atoms with van der Waals surface area (Å²) in [6, 6.07) is 5.12. The Kier molecular flexibility index (Phi) is 2.24. The maximum Gasteiger partial charge on any atom is 0.125 e. The summed E-state index contributed by atoms with van der Waals surface area (Å²) in [5, 5.41) is 1.09. The summed E-state index contributed by atoms with van der Waals surface area (Å²) in [6.07, 6.45) is 7.30. The number of H-pyrrole nitrogens is 1. The molecule has 0 saturated carbocycles. The van der Waals surface area contributed by atoms with E-state index in [4.69, 9.17) is 0 Å². The van der Waals surface area contributed by atoms with E-state index in [0.717, 1.165) is 23.7 Å². The molecule has 0 aliphatic carbocycles. The first kappa shape index (κ1) is 9.58. The van der Waals surface area contributed by atoms with Crippen LogP contribution in [0.25, 0.3) is 10.9 Å². The van der Waals surface area contributed by atoms with Gasteiger partial charge < -0.3 is 4.98 Å². The van der Waals surface area contributed by atoms with Crippen LogP contribution in [-0.2, 0) is 0 Å². The molecule has 1 aliphatic rings. The Balaban J connectivity index is 2.10. The number of rotatable bonds is 1. The van der Waals surface area contributed by atoms with E-state index in [0.29, 0.717) is 0 Å². The van der Waals surface area contributed by atoms with Gasteiger partial charge in [-0.3, -0.25) is 4.99 Å². The number of fused-ring (bicyclic) bond motifs is 1. The first-order valence-electron chi connectivity index (χ1n) is 5.63. The van der Waals surface area contributed by atoms with Crippen molar-refractivity contribution < 1.29 is 4.39 Å². The van der Waals surface area contributed by atoms with Crippen LogP contribution in [0.4, 0.5) is 4.39 Å². The molecule has 0 spiro atoms. The molecule has 16 heavy (non-hydrogen) atoms. The smallest absolute Gasteiger partial charge is 0.125 e. The first-order valence-corrected chi connectivity index (χ1v) is 5.63. The van der Waals surface area contributed by atoms with Crippen LogP contribution in [0.5, 0.6) is 0 Å². The van der Waals surface area contributed by atoms with Gasteiger partial charge in [0.15, 0.2) is 0 Å². The number of hydrogen-bond acceptors (Lipinski definition) is 1. The molecule has 2 aromatic rings. The molecule has 0 bridgehead atoms. The van der Waals surface area contributed by atoms with Gasteiger partial charge in [-0.2, -0.15) is 0 Å². The minimum absolute atomic E-state index is 0.201. The fraction of sp³-hybridized carbons (Fsp3) is 0.308. The molecule has 2 heterocycles. The van der Waals surface area contributed by atoms with Crippen LogP contribution < -0.4 is 0 Å². The molecule has 1 aromatic heterocycles. The van der Waals surface area contributed by atoms with Crippen molar-refractivity contribution in [1.29, 1.82) is 0 Å². The van der Waals surface area contributed by atoms with E-state index in [-0.39, 0.29) is 11.9 Å².